The van der Waals surface area contributed by atoms with Crippen molar-refractivity contribution in [1.82, 2.24) is 9.88 Å². The molecule has 1 unspecified atom stereocenters. The molecule has 128 valence electrons. The molecule has 1 fully saturated rings. The van der Waals surface area contributed by atoms with Crippen LogP contribution in [0.2, 0.25) is 5.15 Å². The average molecular weight is 349 g/mol. The third-order valence-corrected chi connectivity index (χ3v) is 4.81. The first-order chi connectivity index (χ1) is 11.6. The molecule has 2 heterocycles. The van der Waals surface area contributed by atoms with Crippen LogP contribution in [0.25, 0.3) is 10.9 Å². The summed E-state index contributed by atoms with van der Waals surface area (Å²) in [7, 11) is 3.09. The van der Waals surface area contributed by atoms with Gasteiger partial charge in [-0.2, -0.15) is 0 Å². The molecule has 5 nitrogen and oxygen atoms in total. The fraction of sp³-hybridized carbons (Fsp3) is 0.444. The third kappa shape index (κ3) is 3.62. The number of hydrogen-bond donors (Lipinski definition) is 0. The van der Waals surface area contributed by atoms with E-state index in [0.29, 0.717) is 18.2 Å². The Morgan fingerprint density at radius 3 is 2.96 bits per heavy atom. The van der Waals surface area contributed by atoms with Gasteiger partial charge in [-0.1, -0.05) is 11.6 Å². The zero-order chi connectivity index (χ0) is 17.1. The maximum absolute atomic E-state index is 11.8. The second-order valence-corrected chi connectivity index (χ2v) is 6.45. The minimum Gasteiger partial charge on any atom is -0.497 e. The van der Waals surface area contributed by atoms with Crippen LogP contribution in [-0.2, 0) is 16.1 Å². The molecule has 1 aromatic carbocycles. The van der Waals surface area contributed by atoms with Crippen molar-refractivity contribution in [3.63, 3.8) is 0 Å². The summed E-state index contributed by atoms with van der Waals surface area (Å²) >= 11 is 6.36. The van der Waals surface area contributed by atoms with E-state index in [2.05, 4.69) is 16.0 Å². The number of benzene rings is 1. The average Bonchev–Trinajstić information content (AvgIpc) is 2.61. The van der Waals surface area contributed by atoms with Crippen LogP contribution in [0, 0.1) is 5.92 Å². The molecule has 2 aromatic rings. The largest absolute Gasteiger partial charge is 0.497 e. The molecular formula is C18H21ClN2O3. The van der Waals surface area contributed by atoms with Gasteiger partial charge >= 0.3 is 5.97 Å². The van der Waals surface area contributed by atoms with Crippen molar-refractivity contribution in [2.45, 2.75) is 19.4 Å². The predicted octanol–water partition coefficient (Wildman–Crippen LogP) is 3.28. The van der Waals surface area contributed by atoms with E-state index in [1.165, 1.54) is 7.11 Å². The van der Waals surface area contributed by atoms with Crippen LogP contribution in [-0.4, -0.2) is 43.2 Å². The maximum atomic E-state index is 11.8. The van der Waals surface area contributed by atoms with E-state index in [-0.39, 0.29) is 11.9 Å². The van der Waals surface area contributed by atoms with E-state index in [0.717, 1.165) is 41.6 Å². The minimum atomic E-state index is -0.132. The second kappa shape index (κ2) is 7.36. The Hall–Kier alpha value is -1.85. The molecule has 0 spiro atoms. The minimum absolute atomic E-state index is 0.0592. The van der Waals surface area contributed by atoms with Crippen molar-refractivity contribution < 1.29 is 14.3 Å². The Kier molecular flexibility index (Phi) is 5.21. The number of likely N-dealkylation sites (tertiary alicyclic amines) is 1. The molecule has 1 aliphatic rings. The molecule has 1 saturated heterocycles. The van der Waals surface area contributed by atoms with Gasteiger partial charge < -0.3 is 9.47 Å². The topological polar surface area (TPSA) is 51.7 Å². The van der Waals surface area contributed by atoms with E-state index in [4.69, 9.17) is 21.1 Å². The monoisotopic (exact) mass is 348 g/mol. The highest BCUT2D eigenvalue weighted by Crippen LogP contribution is 2.27. The number of rotatable bonds is 4. The summed E-state index contributed by atoms with van der Waals surface area (Å²) in [4.78, 5) is 18.5. The summed E-state index contributed by atoms with van der Waals surface area (Å²) < 4.78 is 10.1. The second-order valence-electron chi connectivity index (χ2n) is 6.09. The summed E-state index contributed by atoms with van der Waals surface area (Å²) in [5.41, 5.74) is 1.80. The van der Waals surface area contributed by atoms with Gasteiger partial charge in [0.15, 0.2) is 0 Å². The van der Waals surface area contributed by atoms with Crippen LogP contribution in [0.3, 0.4) is 0 Å². The first-order valence-electron chi connectivity index (χ1n) is 8.04. The summed E-state index contributed by atoms with van der Waals surface area (Å²) in [6, 6.07) is 7.78. The number of nitrogens with zero attached hydrogens (tertiary/aromatic N) is 2. The fourth-order valence-corrected chi connectivity index (χ4v) is 3.42. The molecule has 0 radical (unpaired) electrons. The molecule has 6 heteroatoms. The lowest BCUT2D eigenvalue weighted by Gasteiger charge is -2.31. The quantitative estimate of drug-likeness (QED) is 0.627. The van der Waals surface area contributed by atoms with Gasteiger partial charge in [0.05, 0.1) is 25.7 Å². The Labute approximate surface area is 146 Å². The van der Waals surface area contributed by atoms with Gasteiger partial charge in [-0.05, 0) is 43.7 Å². The molecule has 0 amide bonds. The number of carbonyl (C=O) groups excluding carboxylic acids is 1. The number of esters is 1. The summed E-state index contributed by atoms with van der Waals surface area (Å²) in [5, 5.41) is 1.50. The summed E-state index contributed by atoms with van der Waals surface area (Å²) in [5.74, 6) is 0.601. The van der Waals surface area contributed by atoms with Crippen molar-refractivity contribution in [2.24, 2.45) is 5.92 Å². The SMILES string of the molecule is COC(=O)C1CCCN(Cc2cc3cc(OC)ccc3nc2Cl)C1. The van der Waals surface area contributed by atoms with Gasteiger partial charge in [-0.15, -0.1) is 0 Å². The molecule has 1 aromatic heterocycles. The highest BCUT2D eigenvalue weighted by atomic mass is 35.5. The number of aromatic nitrogens is 1. The molecular weight excluding hydrogens is 328 g/mol. The first-order valence-corrected chi connectivity index (χ1v) is 8.42. The van der Waals surface area contributed by atoms with Gasteiger partial charge in [-0.25, -0.2) is 4.98 Å². The van der Waals surface area contributed by atoms with Crippen LogP contribution >= 0.6 is 11.6 Å². The number of methoxy groups -OCH3 is 2. The number of fused-ring (bicyclic) bond motifs is 1. The van der Waals surface area contributed by atoms with Crippen molar-refractivity contribution in [2.75, 3.05) is 27.3 Å². The predicted molar refractivity (Wildman–Crippen MR) is 93.3 cm³/mol. The van der Waals surface area contributed by atoms with Crippen LogP contribution in [0.4, 0.5) is 0 Å². The van der Waals surface area contributed by atoms with Gasteiger partial charge in [0, 0.05) is 24.0 Å². The summed E-state index contributed by atoms with van der Waals surface area (Å²) in [6.45, 7) is 2.31. The summed E-state index contributed by atoms with van der Waals surface area (Å²) in [6.07, 6.45) is 1.86. The van der Waals surface area contributed by atoms with Crippen molar-refractivity contribution in [3.8, 4) is 5.75 Å². The molecule has 1 aliphatic heterocycles. The van der Waals surface area contributed by atoms with E-state index in [1.54, 1.807) is 7.11 Å². The van der Waals surface area contributed by atoms with Crippen LogP contribution in [0.5, 0.6) is 5.75 Å². The molecule has 24 heavy (non-hydrogen) atoms. The van der Waals surface area contributed by atoms with Gasteiger partial charge in [0.2, 0.25) is 0 Å². The van der Waals surface area contributed by atoms with Gasteiger partial charge in [0.25, 0.3) is 0 Å². The van der Waals surface area contributed by atoms with E-state index in [1.807, 2.05) is 18.2 Å². The number of ether oxygens (including phenoxy) is 2. The maximum Gasteiger partial charge on any atom is 0.309 e. The Bertz CT molecular complexity index is 750. The van der Waals surface area contributed by atoms with Crippen molar-refractivity contribution in [3.05, 3.63) is 35.0 Å². The Balaban J connectivity index is 1.81. The fourth-order valence-electron chi connectivity index (χ4n) is 3.21. The van der Waals surface area contributed by atoms with Gasteiger partial charge in [-0.3, -0.25) is 9.69 Å². The first kappa shape index (κ1) is 17.0. The Morgan fingerprint density at radius 2 is 2.21 bits per heavy atom. The molecule has 0 saturated carbocycles. The highest BCUT2D eigenvalue weighted by molar-refractivity contribution is 6.30. The molecule has 0 N–H and O–H groups in total. The molecule has 0 bridgehead atoms. The zero-order valence-corrected chi connectivity index (χ0v) is 14.7. The van der Waals surface area contributed by atoms with E-state index >= 15 is 0 Å². The van der Waals surface area contributed by atoms with Gasteiger partial charge in [0.1, 0.15) is 10.9 Å². The zero-order valence-electron chi connectivity index (χ0n) is 13.9. The van der Waals surface area contributed by atoms with E-state index < -0.39 is 0 Å². The lowest BCUT2D eigenvalue weighted by Crippen LogP contribution is -2.38. The molecule has 0 aliphatic carbocycles. The normalized spacial score (nSPS) is 18.5. The third-order valence-electron chi connectivity index (χ3n) is 4.48. The van der Waals surface area contributed by atoms with Crippen molar-refractivity contribution >= 4 is 28.5 Å². The van der Waals surface area contributed by atoms with E-state index in [9.17, 15) is 4.79 Å². The number of pyridine rings is 1. The number of piperidine rings is 1. The smallest absolute Gasteiger partial charge is 0.309 e. The van der Waals surface area contributed by atoms with Crippen LogP contribution < -0.4 is 4.74 Å². The highest BCUT2D eigenvalue weighted by Gasteiger charge is 2.26. The van der Waals surface area contributed by atoms with Crippen LogP contribution in [0.1, 0.15) is 18.4 Å². The standard InChI is InChI=1S/C18H21ClN2O3/c1-23-15-5-6-16-13(9-15)8-14(17(19)20-16)11-21-7-3-4-12(10-21)18(22)24-2/h5-6,8-9,12H,3-4,7,10-11H2,1-2H3. The lowest BCUT2D eigenvalue weighted by atomic mass is 9.98. The molecule has 1 atom stereocenters. The van der Waals surface area contributed by atoms with Crippen LogP contribution in [0.15, 0.2) is 24.3 Å². The lowest BCUT2D eigenvalue weighted by molar-refractivity contribution is -0.147. The van der Waals surface area contributed by atoms with Crippen molar-refractivity contribution in [1.29, 1.82) is 0 Å². The Morgan fingerprint density at radius 1 is 1.38 bits per heavy atom. The number of hydrogen-bond acceptors (Lipinski definition) is 5. The number of halogens is 1. The molecule has 3 rings (SSSR count). The number of carbonyl (C=O) groups is 1.